The van der Waals surface area contributed by atoms with Crippen LogP contribution in [0.15, 0.2) is 0 Å². The van der Waals surface area contributed by atoms with E-state index in [9.17, 15) is 13.2 Å². The molecule has 84 valence electrons. The van der Waals surface area contributed by atoms with Crippen molar-refractivity contribution in [1.29, 1.82) is 0 Å². The summed E-state index contributed by atoms with van der Waals surface area (Å²) >= 11 is 0. The van der Waals surface area contributed by atoms with Gasteiger partial charge in [-0.1, -0.05) is 6.42 Å². The van der Waals surface area contributed by atoms with Gasteiger partial charge < -0.3 is 11.1 Å². The molecule has 5 heteroatoms. The lowest BCUT2D eigenvalue weighted by Crippen LogP contribution is -2.34. The van der Waals surface area contributed by atoms with E-state index in [0.29, 0.717) is 12.5 Å². The number of nitrogens with one attached hydrogen (secondary N) is 1. The van der Waals surface area contributed by atoms with Crippen molar-refractivity contribution in [2.75, 3.05) is 13.1 Å². The van der Waals surface area contributed by atoms with Crippen molar-refractivity contribution in [3.05, 3.63) is 0 Å². The summed E-state index contributed by atoms with van der Waals surface area (Å²) in [6.45, 7) is 0.629. The summed E-state index contributed by atoms with van der Waals surface area (Å²) in [6, 6.07) is 0.174. The number of hydrogen-bond acceptors (Lipinski definition) is 2. The second kappa shape index (κ2) is 4.98. The molecule has 1 aliphatic rings. The predicted molar refractivity (Wildman–Crippen MR) is 48.9 cm³/mol. The van der Waals surface area contributed by atoms with Crippen LogP contribution < -0.4 is 11.1 Å². The average Bonchev–Trinajstić information content (AvgIpc) is 2.44. The SMILES string of the molecule is NC1CCCC1CNCCC(F)(F)F. The van der Waals surface area contributed by atoms with Gasteiger partial charge in [-0.15, -0.1) is 0 Å². The average molecular weight is 210 g/mol. The standard InChI is InChI=1S/C9H17F3N2/c10-9(11,12)4-5-14-6-7-2-1-3-8(7)13/h7-8,14H,1-6,13H2. The minimum Gasteiger partial charge on any atom is -0.327 e. The van der Waals surface area contributed by atoms with Gasteiger partial charge >= 0.3 is 6.18 Å². The van der Waals surface area contributed by atoms with E-state index in [1.54, 1.807) is 0 Å². The maximum atomic E-state index is 11.8. The summed E-state index contributed by atoms with van der Waals surface area (Å²) < 4.78 is 35.3. The number of rotatable bonds is 4. The topological polar surface area (TPSA) is 38.0 Å². The molecular weight excluding hydrogens is 193 g/mol. The highest BCUT2D eigenvalue weighted by Crippen LogP contribution is 2.23. The molecule has 3 N–H and O–H groups in total. The van der Waals surface area contributed by atoms with Crippen LogP contribution in [0.2, 0.25) is 0 Å². The Morgan fingerprint density at radius 1 is 1.29 bits per heavy atom. The van der Waals surface area contributed by atoms with Crippen LogP contribution in [0.25, 0.3) is 0 Å². The van der Waals surface area contributed by atoms with Crippen molar-refractivity contribution < 1.29 is 13.2 Å². The number of halogens is 3. The van der Waals surface area contributed by atoms with Gasteiger partial charge in [-0.05, 0) is 25.3 Å². The van der Waals surface area contributed by atoms with E-state index in [1.807, 2.05) is 0 Å². The van der Waals surface area contributed by atoms with Crippen molar-refractivity contribution >= 4 is 0 Å². The lowest BCUT2D eigenvalue weighted by atomic mass is 10.1. The molecule has 0 saturated heterocycles. The normalized spacial score (nSPS) is 28.3. The first kappa shape index (κ1) is 11.8. The van der Waals surface area contributed by atoms with E-state index in [2.05, 4.69) is 5.32 Å². The van der Waals surface area contributed by atoms with E-state index in [4.69, 9.17) is 5.73 Å². The summed E-state index contributed by atoms with van der Waals surface area (Å²) in [7, 11) is 0. The summed E-state index contributed by atoms with van der Waals surface area (Å²) in [5.41, 5.74) is 5.78. The zero-order valence-corrected chi connectivity index (χ0v) is 8.11. The molecule has 2 nitrogen and oxygen atoms in total. The lowest BCUT2D eigenvalue weighted by Gasteiger charge is -2.16. The first-order valence-corrected chi connectivity index (χ1v) is 5.02. The summed E-state index contributed by atoms with van der Waals surface area (Å²) in [6.07, 6.45) is -1.65. The first-order chi connectivity index (χ1) is 6.49. The van der Waals surface area contributed by atoms with Gasteiger partial charge in [-0.2, -0.15) is 13.2 Å². The van der Waals surface area contributed by atoms with Crippen LogP contribution in [-0.4, -0.2) is 25.3 Å². The third-order valence-corrected chi connectivity index (χ3v) is 2.71. The monoisotopic (exact) mass is 210 g/mol. The highest BCUT2D eigenvalue weighted by atomic mass is 19.4. The van der Waals surface area contributed by atoms with Gasteiger partial charge in [0.15, 0.2) is 0 Å². The molecule has 0 amide bonds. The van der Waals surface area contributed by atoms with E-state index in [0.717, 1.165) is 19.3 Å². The highest BCUT2D eigenvalue weighted by molar-refractivity contribution is 4.81. The molecule has 0 heterocycles. The maximum absolute atomic E-state index is 11.8. The summed E-state index contributed by atoms with van der Waals surface area (Å²) in [4.78, 5) is 0. The van der Waals surface area contributed by atoms with Gasteiger partial charge in [0.05, 0.1) is 6.42 Å². The van der Waals surface area contributed by atoms with Crippen molar-refractivity contribution in [2.45, 2.75) is 37.9 Å². The highest BCUT2D eigenvalue weighted by Gasteiger charge is 2.27. The van der Waals surface area contributed by atoms with E-state index in [-0.39, 0.29) is 12.6 Å². The fourth-order valence-corrected chi connectivity index (χ4v) is 1.84. The third kappa shape index (κ3) is 4.28. The van der Waals surface area contributed by atoms with Gasteiger partial charge in [0.2, 0.25) is 0 Å². The number of hydrogen-bond donors (Lipinski definition) is 2. The van der Waals surface area contributed by atoms with Crippen LogP contribution in [0.1, 0.15) is 25.7 Å². The van der Waals surface area contributed by atoms with Crippen molar-refractivity contribution in [3.63, 3.8) is 0 Å². The Balaban J connectivity index is 2.04. The zero-order chi connectivity index (χ0) is 10.6. The predicted octanol–water partition coefficient (Wildman–Crippen LogP) is 1.66. The summed E-state index contributed by atoms with van der Waals surface area (Å²) in [5.74, 6) is 0.364. The second-order valence-electron chi connectivity index (χ2n) is 3.92. The molecule has 0 aromatic carbocycles. The molecule has 0 aromatic rings. The van der Waals surface area contributed by atoms with Gasteiger partial charge in [0.25, 0.3) is 0 Å². The Bertz CT molecular complexity index is 170. The van der Waals surface area contributed by atoms with Crippen LogP contribution in [0.3, 0.4) is 0 Å². The molecule has 1 rings (SSSR count). The fourth-order valence-electron chi connectivity index (χ4n) is 1.84. The Morgan fingerprint density at radius 2 is 2.00 bits per heavy atom. The quantitative estimate of drug-likeness (QED) is 0.692. The van der Waals surface area contributed by atoms with Gasteiger partial charge in [-0.3, -0.25) is 0 Å². The summed E-state index contributed by atoms with van der Waals surface area (Å²) in [5, 5.41) is 2.81. The van der Waals surface area contributed by atoms with Crippen molar-refractivity contribution in [1.82, 2.24) is 5.32 Å². The largest absolute Gasteiger partial charge is 0.390 e. The van der Waals surface area contributed by atoms with Crippen LogP contribution >= 0.6 is 0 Å². The second-order valence-corrected chi connectivity index (χ2v) is 3.92. The fraction of sp³-hybridized carbons (Fsp3) is 1.00. The lowest BCUT2D eigenvalue weighted by molar-refractivity contribution is -0.133. The Kier molecular flexibility index (Phi) is 4.19. The molecule has 0 bridgehead atoms. The molecule has 0 aliphatic heterocycles. The van der Waals surface area contributed by atoms with E-state index >= 15 is 0 Å². The van der Waals surface area contributed by atoms with Crippen LogP contribution in [0.5, 0.6) is 0 Å². The molecular formula is C9H17F3N2. The molecule has 1 aliphatic carbocycles. The molecule has 0 radical (unpaired) electrons. The van der Waals surface area contributed by atoms with E-state index in [1.165, 1.54) is 0 Å². The number of alkyl halides is 3. The van der Waals surface area contributed by atoms with E-state index < -0.39 is 12.6 Å². The minimum absolute atomic E-state index is 0.00667. The number of nitrogens with two attached hydrogens (primary N) is 1. The van der Waals surface area contributed by atoms with Crippen molar-refractivity contribution in [2.24, 2.45) is 11.7 Å². The molecule has 2 unspecified atom stereocenters. The molecule has 0 aromatic heterocycles. The Morgan fingerprint density at radius 3 is 2.50 bits per heavy atom. The Labute approximate surface area is 82.0 Å². The third-order valence-electron chi connectivity index (χ3n) is 2.71. The minimum atomic E-state index is -4.05. The molecule has 1 fully saturated rings. The smallest absolute Gasteiger partial charge is 0.327 e. The van der Waals surface area contributed by atoms with Crippen LogP contribution in [-0.2, 0) is 0 Å². The molecule has 14 heavy (non-hydrogen) atoms. The maximum Gasteiger partial charge on any atom is 0.390 e. The first-order valence-electron chi connectivity index (χ1n) is 5.02. The van der Waals surface area contributed by atoms with Gasteiger partial charge in [0, 0.05) is 12.6 Å². The zero-order valence-electron chi connectivity index (χ0n) is 8.11. The molecule has 2 atom stereocenters. The Hall–Kier alpha value is -0.290. The van der Waals surface area contributed by atoms with Crippen molar-refractivity contribution in [3.8, 4) is 0 Å². The molecule has 1 saturated carbocycles. The molecule has 0 spiro atoms. The van der Waals surface area contributed by atoms with Crippen LogP contribution in [0.4, 0.5) is 13.2 Å². The van der Waals surface area contributed by atoms with Gasteiger partial charge in [0.1, 0.15) is 0 Å². The van der Waals surface area contributed by atoms with Crippen LogP contribution in [0, 0.1) is 5.92 Å². The van der Waals surface area contributed by atoms with Gasteiger partial charge in [-0.25, -0.2) is 0 Å².